The molecule has 1 aromatic carbocycles. The number of nitrogens with zero attached hydrogens (tertiary/aromatic N) is 1. The predicted octanol–water partition coefficient (Wildman–Crippen LogP) is 3.72. The Morgan fingerprint density at radius 2 is 2.11 bits per heavy atom. The third-order valence-corrected chi connectivity index (χ3v) is 3.64. The van der Waals surface area contributed by atoms with E-state index in [0.717, 1.165) is 11.3 Å². The molecule has 0 bridgehead atoms. The van der Waals surface area contributed by atoms with E-state index in [-0.39, 0.29) is 6.04 Å². The summed E-state index contributed by atoms with van der Waals surface area (Å²) >= 11 is 12.3. The van der Waals surface area contributed by atoms with Gasteiger partial charge in [-0.15, -0.1) is 0 Å². The van der Waals surface area contributed by atoms with Crippen LogP contribution in [0.2, 0.25) is 10.0 Å². The SMILES string of the molecule is CN(Cc1ccco1)C(CN)c1cc(Cl)ccc1Cl. The van der Waals surface area contributed by atoms with Crippen molar-refractivity contribution in [2.75, 3.05) is 13.6 Å². The average molecular weight is 299 g/mol. The van der Waals surface area contributed by atoms with E-state index in [9.17, 15) is 0 Å². The number of furan rings is 1. The van der Waals surface area contributed by atoms with Gasteiger partial charge in [0.05, 0.1) is 12.8 Å². The van der Waals surface area contributed by atoms with Crippen LogP contribution in [0.1, 0.15) is 17.4 Å². The smallest absolute Gasteiger partial charge is 0.117 e. The fourth-order valence-corrected chi connectivity index (χ4v) is 2.50. The quantitative estimate of drug-likeness (QED) is 0.915. The topological polar surface area (TPSA) is 42.4 Å². The van der Waals surface area contributed by atoms with Gasteiger partial charge in [0.2, 0.25) is 0 Å². The van der Waals surface area contributed by atoms with Gasteiger partial charge in [0.25, 0.3) is 0 Å². The summed E-state index contributed by atoms with van der Waals surface area (Å²) in [6.45, 7) is 1.12. The molecule has 0 saturated carbocycles. The normalized spacial score (nSPS) is 12.9. The van der Waals surface area contributed by atoms with Crippen molar-refractivity contribution < 1.29 is 4.42 Å². The highest BCUT2D eigenvalue weighted by Crippen LogP contribution is 2.29. The van der Waals surface area contributed by atoms with Crippen LogP contribution >= 0.6 is 23.2 Å². The number of hydrogen-bond acceptors (Lipinski definition) is 3. The number of halogens is 2. The van der Waals surface area contributed by atoms with Crippen LogP contribution in [0.3, 0.4) is 0 Å². The van der Waals surface area contributed by atoms with Crippen LogP contribution < -0.4 is 5.73 Å². The molecule has 19 heavy (non-hydrogen) atoms. The van der Waals surface area contributed by atoms with Crippen LogP contribution in [0.5, 0.6) is 0 Å². The molecule has 0 aliphatic rings. The lowest BCUT2D eigenvalue weighted by Crippen LogP contribution is -2.30. The van der Waals surface area contributed by atoms with Crippen molar-refractivity contribution >= 4 is 23.2 Å². The summed E-state index contributed by atoms with van der Waals surface area (Å²) in [4.78, 5) is 2.09. The highest BCUT2D eigenvalue weighted by atomic mass is 35.5. The third kappa shape index (κ3) is 3.51. The van der Waals surface area contributed by atoms with E-state index >= 15 is 0 Å². The Balaban J connectivity index is 2.21. The molecular weight excluding hydrogens is 283 g/mol. The van der Waals surface area contributed by atoms with Crippen molar-refractivity contribution in [1.29, 1.82) is 0 Å². The van der Waals surface area contributed by atoms with E-state index in [2.05, 4.69) is 4.90 Å². The Morgan fingerprint density at radius 3 is 2.74 bits per heavy atom. The lowest BCUT2D eigenvalue weighted by Gasteiger charge is -2.27. The van der Waals surface area contributed by atoms with Crippen molar-refractivity contribution in [1.82, 2.24) is 4.90 Å². The molecular formula is C14H16Cl2N2O. The molecule has 2 aromatic rings. The van der Waals surface area contributed by atoms with Crippen molar-refractivity contribution in [3.8, 4) is 0 Å². The minimum Gasteiger partial charge on any atom is -0.468 e. The molecule has 0 saturated heterocycles. The molecule has 1 heterocycles. The van der Waals surface area contributed by atoms with Gasteiger partial charge in [-0.05, 0) is 42.9 Å². The van der Waals surface area contributed by atoms with Crippen LogP contribution in [-0.4, -0.2) is 18.5 Å². The van der Waals surface area contributed by atoms with Gasteiger partial charge in [-0.2, -0.15) is 0 Å². The van der Waals surface area contributed by atoms with Crippen molar-refractivity contribution in [3.05, 3.63) is 58.0 Å². The predicted molar refractivity (Wildman–Crippen MR) is 78.4 cm³/mol. The lowest BCUT2D eigenvalue weighted by atomic mass is 10.1. The molecule has 102 valence electrons. The standard InChI is InChI=1S/C14H16Cl2N2O/c1-18(9-11-3-2-6-19-11)14(8-17)12-7-10(15)4-5-13(12)16/h2-7,14H,8-9,17H2,1H3. The molecule has 0 spiro atoms. The summed E-state index contributed by atoms with van der Waals surface area (Å²) < 4.78 is 5.35. The van der Waals surface area contributed by atoms with E-state index in [0.29, 0.717) is 23.1 Å². The summed E-state index contributed by atoms with van der Waals surface area (Å²) in [5.74, 6) is 0.888. The fourth-order valence-electron chi connectivity index (χ4n) is 2.07. The third-order valence-electron chi connectivity index (χ3n) is 3.06. The van der Waals surface area contributed by atoms with Crippen LogP contribution in [0.4, 0.5) is 0 Å². The molecule has 5 heteroatoms. The van der Waals surface area contributed by atoms with Gasteiger partial charge in [0.1, 0.15) is 5.76 Å². The number of rotatable bonds is 5. The molecule has 0 fully saturated rings. The molecule has 0 radical (unpaired) electrons. The monoisotopic (exact) mass is 298 g/mol. The second-order valence-electron chi connectivity index (χ2n) is 4.41. The number of benzene rings is 1. The van der Waals surface area contributed by atoms with Gasteiger partial charge < -0.3 is 10.2 Å². The van der Waals surface area contributed by atoms with Crippen molar-refractivity contribution in [2.45, 2.75) is 12.6 Å². The van der Waals surface area contributed by atoms with Gasteiger partial charge in [0.15, 0.2) is 0 Å². The zero-order valence-corrected chi connectivity index (χ0v) is 12.2. The summed E-state index contributed by atoms with van der Waals surface area (Å²) in [6.07, 6.45) is 1.66. The van der Waals surface area contributed by atoms with Gasteiger partial charge >= 0.3 is 0 Å². The molecule has 0 amide bonds. The van der Waals surface area contributed by atoms with Crippen LogP contribution in [0.25, 0.3) is 0 Å². The van der Waals surface area contributed by atoms with E-state index in [1.807, 2.05) is 25.2 Å². The highest BCUT2D eigenvalue weighted by molar-refractivity contribution is 6.33. The van der Waals surface area contributed by atoms with E-state index in [1.54, 1.807) is 18.4 Å². The van der Waals surface area contributed by atoms with Crippen LogP contribution in [0, 0.1) is 0 Å². The molecule has 1 aromatic heterocycles. The van der Waals surface area contributed by atoms with Crippen molar-refractivity contribution in [2.24, 2.45) is 5.73 Å². The van der Waals surface area contributed by atoms with Crippen molar-refractivity contribution in [3.63, 3.8) is 0 Å². The van der Waals surface area contributed by atoms with E-state index in [4.69, 9.17) is 33.4 Å². The highest BCUT2D eigenvalue weighted by Gasteiger charge is 2.19. The molecule has 3 nitrogen and oxygen atoms in total. The first-order chi connectivity index (χ1) is 9.11. The Bertz CT molecular complexity index is 528. The van der Waals surface area contributed by atoms with Gasteiger partial charge in [-0.3, -0.25) is 4.90 Å². The number of likely N-dealkylation sites (N-methyl/N-ethyl adjacent to an activating group) is 1. The molecule has 1 atom stereocenters. The van der Waals surface area contributed by atoms with E-state index < -0.39 is 0 Å². The van der Waals surface area contributed by atoms with Gasteiger partial charge in [0, 0.05) is 22.6 Å². The van der Waals surface area contributed by atoms with Gasteiger partial charge in [-0.1, -0.05) is 23.2 Å². The number of hydrogen-bond donors (Lipinski definition) is 1. The second kappa shape index (κ2) is 6.44. The summed E-state index contributed by atoms with van der Waals surface area (Å²) in [7, 11) is 1.98. The summed E-state index contributed by atoms with van der Waals surface area (Å²) in [6, 6.07) is 9.23. The molecule has 2 rings (SSSR count). The Morgan fingerprint density at radius 1 is 1.32 bits per heavy atom. The molecule has 2 N–H and O–H groups in total. The maximum atomic E-state index is 6.23. The zero-order valence-electron chi connectivity index (χ0n) is 10.6. The van der Waals surface area contributed by atoms with Crippen LogP contribution in [-0.2, 0) is 6.54 Å². The van der Waals surface area contributed by atoms with Crippen LogP contribution in [0.15, 0.2) is 41.0 Å². The Hall–Kier alpha value is -1.000. The molecule has 1 unspecified atom stereocenters. The Labute approximate surface area is 122 Å². The largest absolute Gasteiger partial charge is 0.468 e. The first-order valence-corrected chi connectivity index (χ1v) is 6.75. The molecule has 0 aliphatic carbocycles. The van der Waals surface area contributed by atoms with E-state index in [1.165, 1.54) is 0 Å². The average Bonchev–Trinajstić information content (AvgIpc) is 2.87. The second-order valence-corrected chi connectivity index (χ2v) is 5.26. The first-order valence-electron chi connectivity index (χ1n) is 5.99. The maximum absolute atomic E-state index is 6.23. The zero-order chi connectivity index (χ0) is 13.8. The summed E-state index contributed by atoms with van der Waals surface area (Å²) in [5, 5.41) is 1.33. The number of nitrogens with two attached hydrogens (primary N) is 1. The fraction of sp³-hybridized carbons (Fsp3) is 0.286. The Kier molecular flexibility index (Phi) is 4.88. The lowest BCUT2D eigenvalue weighted by molar-refractivity contribution is 0.223. The minimum atomic E-state index is -0.00343. The minimum absolute atomic E-state index is 0.00343. The van der Waals surface area contributed by atoms with Gasteiger partial charge in [-0.25, -0.2) is 0 Å². The maximum Gasteiger partial charge on any atom is 0.117 e. The first kappa shape index (κ1) is 14.4. The summed E-state index contributed by atoms with van der Waals surface area (Å²) in [5.41, 5.74) is 6.82. The molecule has 0 aliphatic heterocycles.